The van der Waals surface area contributed by atoms with Crippen LogP contribution in [0.15, 0.2) is 97.1 Å². The van der Waals surface area contributed by atoms with E-state index in [4.69, 9.17) is 4.74 Å². The first-order valence-corrected chi connectivity index (χ1v) is 10.5. The molecule has 0 aliphatic carbocycles. The zero-order valence-corrected chi connectivity index (χ0v) is 17.7. The molecule has 0 aromatic heterocycles. The van der Waals surface area contributed by atoms with Crippen LogP contribution in [0.1, 0.15) is 42.0 Å². The Balaban J connectivity index is 2.14. The van der Waals surface area contributed by atoms with Crippen LogP contribution in [0.5, 0.6) is 0 Å². The van der Waals surface area contributed by atoms with E-state index in [0.29, 0.717) is 6.61 Å². The summed E-state index contributed by atoms with van der Waals surface area (Å²) in [7, 11) is 0. The van der Waals surface area contributed by atoms with Gasteiger partial charge in [0.2, 0.25) is 0 Å². The van der Waals surface area contributed by atoms with Gasteiger partial charge in [-0.25, -0.2) is 4.79 Å². The standard InChI is InChI=1S/C28H28O2/c1-3-4-21-30-27(29)20-19-26(23-11-7-5-8-12-23)28(24-13-9-6-10-14-24)25-17-15-22(2)16-18-25/h5-20H,3-4,21H2,1-2H3/b20-19+,28-26-. The summed E-state index contributed by atoms with van der Waals surface area (Å²) in [5.74, 6) is -0.312. The van der Waals surface area contributed by atoms with Crippen molar-refractivity contribution in [2.75, 3.05) is 6.61 Å². The van der Waals surface area contributed by atoms with Crippen LogP contribution in [-0.2, 0) is 9.53 Å². The van der Waals surface area contributed by atoms with Gasteiger partial charge in [-0.1, -0.05) is 104 Å². The highest BCUT2D eigenvalue weighted by Gasteiger charge is 2.13. The van der Waals surface area contributed by atoms with E-state index >= 15 is 0 Å². The third kappa shape index (κ3) is 5.81. The Morgan fingerprint density at radius 3 is 1.93 bits per heavy atom. The summed E-state index contributed by atoms with van der Waals surface area (Å²) in [5, 5.41) is 0. The molecule has 152 valence electrons. The summed E-state index contributed by atoms with van der Waals surface area (Å²) < 4.78 is 5.33. The molecule has 2 heteroatoms. The van der Waals surface area contributed by atoms with Crippen molar-refractivity contribution in [3.63, 3.8) is 0 Å². The minimum Gasteiger partial charge on any atom is -0.463 e. The van der Waals surface area contributed by atoms with E-state index in [9.17, 15) is 4.79 Å². The molecule has 0 amide bonds. The van der Waals surface area contributed by atoms with Crippen molar-refractivity contribution in [3.8, 4) is 0 Å². The van der Waals surface area contributed by atoms with Crippen molar-refractivity contribution in [2.45, 2.75) is 26.7 Å². The SMILES string of the molecule is CCCCOC(=O)/C=C/C(=C(\c1ccccc1)c1ccc(C)cc1)c1ccccc1. The summed E-state index contributed by atoms with van der Waals surface area (Å²) in [6.07, 6.45) is 5.29. The molecule has 0 unspecified atom stereocenters. The molecule has 0 bridgehead atoms. The van der Waals surface area contributed by atoms with E-state index in [0.717, 1.165) is 40.7 Å². The number of carbonyl (C=O) groups excluding carboxylic acids is 1. The molecular weight excluding hydrogens is 368 g/mol. The Hall–Kier alpha value is -3.39. The molecule has 30 heavy (non-hydrogen) atoms. The van der Waals surface area contributed by atoms with Crippen LogP contribution >= 0.6 is 0 Å². The van der Waals surface area contributed by atoms with Crippen LogP contribution in [0, 0.1) is 6.92 Å². The van der Waals surface area contributed by atoms with Gasteiger partial charge in [0.1, 0.15) is 0 Å². The second kappa shape index (κ2) is 11.0. The molecule has 0 atom stereocenters. The van der Waals surface area contributed by atoms with Gasteiger partial charge in [-0.3, -0.25) is 0 Å². The number of esters is 1. The Morgan fingerprint density at radius 1 is 0.767 bits per heavy atom. The number of hydrogen-bond acceptors (Lipinski definition) is 2. The summed E-state index contributed by atoms with van der Waals surface area (Å²) >= 11 is 0. The molecule has 3 rings (SSSR count). The van der Waals surface area contributed by atoms with Crippen molar-refractivity contribution in [3.05, 3.63) is 119 Å². The number of benzene rings is 3. The summed E-state index contributed by atoms with van der Waals surface area (Å²) in [6, 6.07) is 29.0. The van der Waals surface area contributed by atoms with Crippen molar-refractivity contribution in [2.24, 2.45) is 0 Å². The van der Waals surface area contributed by atoms with Gasteiger partial charge in [0.25, 0.3) is 0 Å². The molecule has 0 fully saturated rings. The number of hydrogen-bond donors (Lipinski definition) is 0. The smallest absolute Gasteiger partial charge is 0.330 e. The minimum absolute atomic E-state index is 0.312. The first kappa shape index (κ1) is 21.3. The summed E-state index contributed by atoms with van der Waals surface area (Å²) in [5.41, 5.74) is 6.54. The molecule has 2 nitrogen and oxygen atoms in total. The van der Waals surface area contributed by atoms with Crippen LogP contribution in [0.2, 0.25) is 0 Å². The average Bonchev–Trinajstić information content (AvgIpc) is 2.79. The topological polar surface area (TPSA) is 26.3 Å². The molecule has 0 radical (unpaired) electrons. The normalized spacial score (nSPS) is 11.9. The molecule has 3 aromatic carbocycles. The number of rotatable bonds is 8. The lowest BCUT2D eigenvalue weighted by Gasteiger charge is -2.15. The third-order valence-corrected chi connectivity index (χ3v) is 4.89. The maximum absolute atomic E-state index is 12.3. The van der Waals surface area contributed by atoms with Gasteiger partial charge in [-0.15, -0.1) is 0 Å². The van der Waals surface area contributed by atoms with Crippen LogP contribution in [-0.4, -0.2) is 12.6 Å². The van der Waals surface area contributed by atoms with Crippen LogP contribution in [0.3, 0.4) is 0 Å². The predicted molar refractivity (Wildman–Crippen MR) is 125 cm³/mol. The van der Waals surface area contributed by atoms with E-state index in [1.165, 1.54) is 11.6 Å². The molecule has 0 spiro atoms. The molecular formula is C28H28O2. The quantitative estimate of drug-likeness (QED) is 0.137. The maximum atomic E-state index is 12.3. The number of allylic oxidation sites excluding steroid dienone is 2. The summed E-state index contributed by atoms with van der Waals surface area (Å²) in [6.45, 7) is 4.61. The fraction of sp³-hybridized carbons (Fsp3) is 0.179. The number of unbranched alkanes of at least 4 members (excludes halogenated alkanes) is 1. The lowest BCUT2D eigenvalue weighted by atomic mass is 9.89. The molecule has 0 heterocycles. The highest BCUT2D eigenvalue weighted by Crippen LogP contribution is 2.33. The number of aryl methyl sites for hydroxylation is 1. The van der Waals surface area contributed by atoms with E-state index in [-0.39, 0.29) is 5.97 Å². The molecule has 0 N–H and O–H groups in total. The zero-order valence-electron chi connectivity index (χ0n) is 17.7. The molecule has 0 saturated carbocycles. The van der Waals surface area contributed by atoms with E-state index in [2.05, 4.69) is 62.4 Å². The lowest BCUT2D eigenvalue weighted by molar-refractivity contribution is -0.137. The van der Waals surface area contributed by atoms with Gasteiger partial charge >= 0.3 is 5.97 Å². The molecule has 3 aromatic rings. The Kier molecular flexibility index (Phi) is 7.79. The van der Waals surface area contributed by atoms with Crippen molar-refractivity contribution >= 4 is 17.1 Å². The molecule has 0 saturated heterocycles. The largest absolute Gasteiger partial charge is 0.463 e. The predicted octanol–water partition coefficient (Wildman–Crippen LogP) is 6.85. The monoisotopic (exact) mass is 396 g/mol. The van der Waals surface area contributed by atoms with Crippen LogP contribution in [0.25, 0.3) is 11.1 Å². The zero-order chi connectivity index (χ0) is 21.2. The first-order valence-electron chi connectivity index (χ1n) is 10.5. The fourth-order valence-corrected chi connectivity index (χ4v) is 3.26. The third-order valence-electron chi connectivity index (χ3n) is 4.89. The minimum atomic E-state index is -0.312. The average molecular weight is 397 g/mol. The summed E-state index contributed by atoms with van der Waals surface area (Å²) in [4.78, 5) is 12.3. The highest BCUT2D eigenvalue weighted by molar-refractivity contribution is 6.03. The second-order valence-corrected chi connectivity index (χ2v) is 7.24. The Bertz CT molecular complexity index is 998. The van der Waals surface area contributed by atoms with E-state index in [1.807, 2.05) is 42.5 Å². The van der Waals surface area contributed by atoms with Gasteiger partial charge in [-0.2, -0.15) is 0 Å². The van der Waals surface area contributed by atoms with Gasteiger partial charge in [0, 0.05) is 6.08 Å². The Morgan fingerprint density at radius 2 is 1.33 bits per heavy atom. The number of carbonyl (C=O) groups is 1. The van der Waals surface area contributed by atoms with Gasteiger partial charge in [0.05, 0.1) is 6.61 Å². The van der Waals surface area contributed by atoms with Gasteiger partial charge in [-0.05, 0) is 47.3 Å². The maximum Gasteiger partial charge on any atom is 0.330 e. The first-order chi connectivity index (χ1) is 14.7. The number of ether oxygens (including phenoxy) is 1. The molecule has 0 aliphatic heterocycles. The van der Waals surface area contributed by atoms with Crippen molar-refractivity contribution in [1.82, 2.24) is 0 Å². The highest BCUT2D eigenvalue weighted by atomic mass is 16.5. The lowest BCUT2D eigenvalue weighted by Crippen LogP contribution is -2.02. The van der Waals surface area contributed by atoms with Crippen LogP contribution in [0.4, 0.5) is 0 Å². The van der Waals surface area contributed by atoms with Crippen LogP contribution < -0.4 is 0 Å². The van der Waals surface area contributed by atoms with E-state index < -0.39 is 0 Å². The van der Waals surface area contributed by atoms with Crippen molar-refractivity contribution in [1.29, 1.82) is 0 Å². The van der Waals surface area contributed by atoms with E-state index in [1.54, 1.807) is 0 Å². The van der Waals surface area contributed by atoms with Crippen molar-refractivity contribution < 1.29 is 9.53 Å². The van der Waals surface area contributed by atoms with Gasteiger partial charge < -0.3 is 4.74 Å². The Labute approximate surface area is 179 Å². The van der Waals surface area contributed by atoms with Gasteiger partial charge in [0.15, 0.2) is 0 Å². The molecule has 0 aliphatic rings. The second-order valence-electron chi connectivity index (χ2n) is 7.24. The fourth-order valence-electron chi connectivity index (χ4n) is 3.26.